The van der Waals surface area contributed by atoms with Crippen molar-refractivity contribution in [2.24, 2.45) is 10.2 Å². The molecule has 1 aromatic carbocycles. The quantitative estimate of drug-likeness (QED) is 0.806. The van der Waals surface area contributed by atoms with Crippen molar-refractivity contribution in [2.75, 3.05) is 5.32 Å². The van der Waals surface area contributed by atoms with Gasteiger partial charge in [-0.2, -0.15) is 15.2 Å². The topological polar surface area (TPSA) is 85.7 Å². The monoisotopic (exact) mass is 309 g/mol. The van der Waals surface area contributed by atoms with Crippen molar-refractivity contribution in [3.63, 3.8) is 0 Å². The molecule has 0 atom stereocenters. The molecule has 2 heterocycles. The lowest BCUT2D eigenvalue weighted by Crippen LogP contribution is -2.22. The Hall–Kier alpha value is -2.63. The smallest absolute Gasteiger partial charge is 0.238 e. The summed E-state index contributed by atoms with van der Waals surface area (Å²) in [5, 5.41) is 23.2. The molecule has 1 aliphatic heterocycles. The predicted molar refractivity (Wildman–Crippen MR) is 89.1 cm³/mol. The maximum Gasteiger partial charge on any atom is 0.238 e. The standard InChI is InChI=1S/C17H19N5O/c23-16-15(9-11-6-7-14-12(8-11)10-18-22-14)20-17(21-16)19-13-4-2-1-3-5-13/h6-10,13,23H,1-5H2,(H2,19,20,21)/b11-9+. The number of hydrogen-bond acceptors (Lipinski definition) is 5. The van der Waals surface area contributed by atoms with E-state index in [1.807, 2.05) is 24.3 Å². The summed E-state index contributed by atoms with van der Waals surface area (Å²) in [7, 11) is 0. The van der Waals surface area contributed by atoms with Gasteiger partial charge in [0.25, 0.3) is 0 Å². The van der Waals surface area contributed by atoms with Crippen molar-refractivity contribution < 1.29 is 5.11 Å². The van der Waals surface area contributed by atoms with Gasteiger partial charge in [0.2, 0.25) is 11.8 Å². The van der Waals surface area contributed by atoms with Crippen molar-refractivity contribution >= 4 is 18.2 Å². The second-order valence-electron chi connectivity index (χ2n) is 6.11. The SMILES string of the molecule is Oc1nc(NC2CCCCC2)[nH]c1/C=c1\ccc2c(c1)C=NN=2. The molecule has 0 saturated heterocycles. The van der Waals surface area contributed by atoms with E-state index in [0.29, 0.717) is 17.7 Å². The molecular formula is C17H19N5O. The van der Waals surface area contributed by atoms with Crippen LogP contribution in [0.4, 0.5) is 5.95 Å². The van der Waals surface area contributed by atoms with Crippen LogP contribution in [0.2, 0.25) is 0 Å². The number of nitrogens with zero attached hydrogens (tertiary/aromatic N) is 3. The summed E-state index contributed by atoms with van der Waals surface area (Å²) < 4.78 is 0. The third-order valence-electron chi connectivity index (χ3n) is 4.38. The number of aromatic amines is 1. The fraction of sp³-hybridized carbons (Fsp3) is 0.353. The van der Waals surface area contributed by atoms with Crippen LogP contribution in [0.1, 0.15) is 43.4 Å². The van der Waals surface area contributed by atoms with E-state index in [1.54, 1.807) is 6.21 Å². The highest BCUT2D eigenvalue weighted by atomic mass is 16.3. The van der Waals surface area contributed by atoms with Crippen LogP contribution < -0.4 is 15.9 Å². The summed E-state index contributed by atoms with van der Waals surface area (Å²) in [6.07, 6.45) is 9.75. The summed E-state index contributed by atoms with van der Waals surface area (Å²) >= 11 is 0. The van der Waals surface area contributed by atoms with Crippen molar-refractivity contribution in [1.29, 1.82) is 0 Å². The first-order valence-electron chi connectivity index (χ1n) is 8.06. The molecule has 1 saturated carbocycles. The van der Waals surface area contributed by atoms with E-state index in [-0.39, 0.29) is 5.88 Å². The predicted octanol–water partition coefficient (Wildman–Crippen LogP) is 1.66. The summed E-state index contributed by atoms with van der Waals surface area (Å²) in [6, 6.07) is 6.30. The zero-order valence-electron chi connectivity index (χ0n) is 12.8. The van der Waals surface area contributed by atoms with Gasteiger partial charge in [-0.1, -0.05) is 25.3 Å². The lowest BCUT2D eigenvalue weighted by Gasteiger charge is -2.22. The molecule has 0 amide bonds. The number of hydrogen-bond donors (Lipinski definition) is 3. The zero-order chi connectivity index (χ0) is 15.6. The molecule has 6 nitrogen and oxygen atoms in total. The first-order valence-corrected chi connectivity index (χ1v) is 8.06. The highest BCUT2D eigenvalue weighted by Crippen LogP contribution is 2.23. The summed E-state index contributed by atoms with van der Waals surface area (Å²) in [5.74, 6) is 0.653. The van der Waals surface area contributed by atoms with Crippen LogP contribution in [0.3, 0.4) is 0 Å². The van der Waals surface area contributed by atoms with Gasteiger partial charge in [0.05, 0.1) is 11.6 Å². The van der Waals surface area contributed by atoms with Crippen molar-refractivity contribution in [3.8, 4) is 5.88 Å². The molecule has 1 aromatic heterocycles. The molecule has 2 aromatic rings. The van der Waals surface area contributed by atoms with Crippen LogP contribution in [0.5, 0.6) is 5.88 Å². The third-order valence-corrected chi connectivity index (χ3v) is 4.38. The fourth-order valence-corrected chi connectivity index (χ4v) is 3.16. The van der Waals surface area contributed by atoms with Gasteiger partial charge in [-0.05, 0) is 36.3 Å². The Bertz CT molecular complexity index is 862. The molecule has 6 heteroatoms. The number of aromatic nitrogens is 2. The van der Waals surface area contributed by atoms with Crippen LogP contribution in [0.25, 0.3) is 6.08 Å². The largest absolute Gasteiger partial charge is 0.492 e. The summed E-state index contributed by atoms with van der Waals surface area (Å²) in [6.45, 7) is 0. The first kappa shape index (κ1) is 14.0. The van der Waals surface area contributed by atoms with E-state index in [0.717, 1.165) is 29.0 Å². The molecule has 1 fully saturated rings. The van der Waals surface area contributed by atoms with Gasteiger partial charge in [-0.15, -0.1) is 0 Å². The molecule has 0 unspecified atom stereocenters. The molecule has 1 aliphatic carbocycles. The zero-order valence-corrected chi connectivity index (χ0v) is 12.8. The van der Waals surface area contributed by atoms with E-state index in [1.165, 1.54) is 19.3 Å². The average molecular weight is 309 g/mol. The van der Waals surface area contributed by atoms with Gasteiger partial charge < -0.3 is 15.4 Å². The maximum absolute atomic E-state index is 10.1. The number of H-pyrrole nitrogens is 1. The molecular weight excluding hydrogens is 290 g/mol. The average Bonchev–Trinajstić information content (AvgIpc) is 3.15. The number of benzene rings is 1. The number of rotatable bonds is 3. The van der Waals surface area contributed by atoms with E-state index < -0.39 is 0 Å². The Morgan fingerprint density at radius 1 is 1.22 bits per heavy atom. The van der Waals surface area contributed by atoms with Crippen molar-refractivity contribution in [1.82, 2.24) is 9.97 Å². The lowest BCUT2D eigenvalue weighted by molar-refractivity contribution is 0.452. The molecule has 4 rings (SSSR count). The minimum atomic E-state index is 0.0159. The van der Waals surface area contributed by atoms with Crippen molar-refractivity contribution in [2.45, 2.75) is 38.1 Å². The lowest BCUT2D eigenvalue weighted by atomic mass is 9.96. The normalized spacial score (nSPS) is 18.0. The Morgan fingerprint density at radius 3 is 2.96 bits per heavy atom. The number of anilines is 1. The molecule has 23 heavy (non-hydrogen) atoms. The Labute approximate surface area is 133 Å². The minimum Gasteiger partial charge on any atom is -0.492 e. The van der Waals surface area contributed by atoms with Crippen LogP contribution in [-0.2, 0) is 0 Å². The van der Waals surface area contributed by atoms with Crippen LogP contribution in [-0.4, -0.2) is 27.3 Å². The fourth-order valence-electron chi connectivity index (χ4n) is 3.16. The van der Waals surface area contributed by atoms with Gasteiger partial charge >= 0.3 is 0 Å². The Morgan fingerprint density at radius 2 is 2.09 bits per heavy atom. The summed E-state index contributed by atoms with van der Waals surface area (Å²) in [4.78, 5) is 7.35. The second-order valence-corrected chi connectivity index (χ2v) is 6.11. The molecule has 118 valence electrons. The summed E-state index contributed by atoms with van der Waals surface area (Å²) in [5.41, 5.74) is 1.59. The molecule has 3 N–H and O–H groups in total. The van der Waals surface area contributed by atoms with Crippen LogP contribution >= 0.6 is 0 Å². The number of imidazole rings is 1. The Balaban J connectivity index is 1.58. The van der Waals surface area contributed by atoms with Gasteiger partial charge in [0.1, 0.15) is 5.69 Å². The van der Waals surface area contributed by atoms with E-state index in [4.69, 9.17) is 0 Å². The molecule has 2 aliphatic rings. The number of aromatic hydroxyl groups is 1. The highest BCUT2D eigenvalue weighted by Gasteiger charge is 2.15. The van der Waals surface area contributed by atoms with Crippen LogP contribution in [0.15, 0.2) is 28.4 Å². The van der Waals surface area contributed by atoms with E-state index >= 15 is 0 Å². The number of nitrogens with one attached hydrogen (secondary N) is 2. The van der Waals surface area contributed by atoms with Crippen LogP contribution in [0, 0.1) is 0 Å². The van der Waals surface area contributed by atoms with Crippen molar-refractivity contribution in [3.05, 3.63) is 40.0 Å². The van der Waals surface area contributed by atoms with E-state index in [2.05, 4.69) is 25.5 Å². The molecule has 0 spiro atoms. The van der Waals surface area contributed by atoms with Gasteiger partial charge in [-0.25, -0.2) is 0 Å². The van der Waals surface area contributed by atoms with Gasteiger partial charge in [-0.3, -0.25) is 0 Å². The highest BCUT2D eigenvalue weighted by molar-refractivity contribution is 5.80. The molecule has 0 bridgehead atoms. The third kappa shape index (κ3) is 2.97. The maximum atomic E-state index is 10.1. The molecule has 0 radical (unpaired) electrons. The minimum absolute atomic E-state index is 0.0159. The second kappa shape index (κ2) is 5.87. The first-order chi connectivity index (χ1) is 11.3. The van der Waals surface area contributed by atoms with E-state index in [9.17, 15) is 5.11 Å². The van der Waals surface area contributed by atoms with Gasteiger partial charge in [0, 0.05) is 11.6 Å². The number of fused-ring (bicyclic) bond motifs is 1. The van der Waals surface area contributed by atoms with Gasteiger partial charge in [0.15, 0.2) is 0 Å². The Kier molecular flexibility index (Phi) is 3.57.